The smallest absolute Gasteiger partial charge is 0.228 e. The van der Waals surface area contributed by atoms with Crippen molar-refractivity contribution in [3.63, 3.8) is 0 Å². The molecule has 3 aromatic rings. The highest BCUT2D eigenvalue weighted by Crippen LogP contribution is 2.38. The van der Waals surface area contributed by atoms with E-state index in [2.05, 4.69) is 10.2 Å². The molecule has 5 rings (SSSR count). The summed E-state index contributed by atoms with van der Waals surface area (Å²) in [7, 11) is 0. The molecular weight excluding hydrogens is 547 g/mol. The Balaban J connectivity index is 1.39. The van der Waals surface area contributed by atoms with Crippen LogP contribution >= 0.6 is 11.6 Å². The van der Waals surface area contributed by atoms with Gasteiger partial charge in [-0.1, -0.05) is 29.8 Å². The first-order valence-electron chi connectivity index (χ1n) is 13.5. The van der Waals surface area contributed by atoms with Crippen molar-refractivity contribution < 1.29 is 19.1 Å². The van der Waals surface area contributed by atoms with Crippen LogP contribution in [0.15, 0.2) is 54.6 Å². The van der Waals surface area contributed by atoms with E-state index in [1.54, 1.807) is 21.9 Å². The number of nitriles is 1. The number of carbonyl (C=O) groups is 2. The average molecular weight is 577 g/mol. The lowest BCUT2D eigenvalue weighted by Crippen LogP contribution is -2.47. The van der Waals surface area contributed by atoms with Gasteiger partial charge in [0.25, 0.3) is 0 Å². The van der Waals surface area contributed by atoms with Crippen molar-refractivity contribution in [2.24, 2.45) is 5.92 Å². The van der Waals surface area contributed by atoms with E-state index in [1.807, 2.05) is 35.2 Å². The fourth-order valence-electron chi connectivity index (χ4n) is 5.92. The molecule has 2 fully saturated rings. The molecule has 2 aliphatic rings. The highest BCUT2D eigenvalue weighted by molar-refractivity contribution is 6.30. The second kappa shape index (κ2) is 12.1. The largest absolute Gasteiger partial charge is 0.508 e. The molecule has 41 heavy (non-hydrogen) atoms. The third-order valence-corrected chi connectivity index (χ3v) is 8.23. The standard InChI is InChI=1S/C30H30ClFN6O3/c1-19(39)38-14-13-36(12-2-3-28(38)20-4-6-21(31)7-5-20)30(41)26-18-37(29-11-8-22(16-33)34-35-29)17-25(26)24-10-9-23(40)15-27(24)32/h4-11,15,25-26,28,40H,2-3,12-14,17-18H2,1H3/t25-,26?,28-/m0/s1. The third-order valence-electron chi connectivity index (χ3n) is 7.97. The van der Waals surface area contributed by atoms with Gasteiger partial charge in [0, 0.05) is 56.7 Å². The molecule has 2 aromatic carbocycles. The fraction of sp³-hybridized carbons (Fsp3) is 0.367. The number of aromatic nitrogens is 2. The van der Waals surface area contributed by atoms with E-state index >= 15 is 4.39 Å². The number of carbonyl (C=O) groups excluding carboxylic acids is 2. The zero-order chi connectivity index (χ0) is 29.1. The Kier molecular flexibility index (Phi) is 8.36. The van der Waals surface area contributed by atoms with Gasteiger partial charge in [-0.25, -0.2) is 4.39 Å². The van der Waals surface area contributed by atoms with Gasteiger partial charge >= 0.3 is 0 Å². The van der Waals surface area contributed by atoms with Crippen LogP contribution in [0.3, 0.4) is 0 Å². The van der Waals surface area contributed by atoms with Crippen molar-refractivity contribution >= 4 is 29.2 Å². The van der Waals surface area contributed by atoms with Gasteiger partial charge < -0.3 is 19.8 Å². The summed E-state index contributed by atoms with van der Waals surface area (Å²) >= 11 is 6.08. The second-order valence-corrected chi connectivity index (χ2v) is 10.9. The molecule has 212 valence electrons. The monoisotopic (exact) mass is 576 g/mol. The lowest BCUT2D eigenvalue weighted by atomic mass is 9.87. The minimum atomic E-state index is -0.594. The molecular formula is C30H30ClFN6O3. The van der Waals surface area contributed by atoms with Gasteiger partial charge in [0.15, 0.2) is 11.5 Å². The molecule has 0 aliphatic carbocycles. The van der Waals surface area contributed by atoms with Crippen LogP contribution in [0, 0.1) is 23.1 Å². The molecule has 1 unspecified atom stereocenters. The van der Waals surface area contributed by atoms with Crippen LogP contribution in [0.2, 0.25) is 5.02 Å². The number of phenolic OH excluding ortho intramolecular Hbond substituents is 1. The molecule has 1 aromatic heterocycles. The SMILES string of the molecule is CC(=O)N1CCN(C(=O)C2CN(c3ccc(C#N)nn3)C[C@H]2c2ccc(O)cc2F)CCC[C@H]1c1ccc(Cl)cc1. The van der Waals surface area contributed by atoms with E-state index in [0.29, 0.717) is 55.4 Å². The van der Waals surface area contributed by atoms with Crippen molar-refractivity contribution in [3.8, 4) is 11.8 Å². The van der Waals surface area contributed by atoms with Gasteiger partial charge in [-0.2, -0.15) is 5.26 Å². The number of rotatable bonds is 4. The van der Waals surface area contributed by atoms with Crippen molar-refractivity contribution in [1.29, 1.82) is 5.26 Å². The first kappa shape index (κ1) is 28.3. The first-order chi connectivity index (χ1) is 19.7. The summed E-state index contributed by atoms with van der Waals surface area (Å²) in [5.41, 5.74) is 1.52. The number of anilines is 1. The zero-order valence-corrected chi connectivity index (χ0v) is 23.3. The van der Waals surface area contributed by atoms with Crippen LogP contribution in [0.1, 0.15) is 48.5 Å². The number of hydrogen-bond donors (Lipinski definition) is 1. The van der Waals surface area contributed by atoms with Gasteiger partial charge in [0.2, 0.25) is 11.8 Å². The Morgan fingerprint density at radius 1 is 1.05 bits per heavy atom. The Morgan fingerprint density at radius 2 is 1.83 bits per heavy atom. The number of amides is 2. The number of halogens is 2. The molecule has 2 saturated heterocycles. The van der Waals surface area contributed by atoms with Gasteiger partial charge in [0.1, 0.15) is 17.6 Å². The number of benzene rings is 2. The molecule has 0 bridgehead atoms. The maximum atomic E-state index is 15.1. The lowest BCUT2D eigenvalue weighted by molar-refractivity contribution is -0.139. The minimum absolute atomic E-state index is 0.0743. The maximum Gasteiger partial charge on any atom is 0.228 e. The van der Waals surface area contributed by atoms with Crippen LogP contribution < -0.4 is 4.90 Å². The third kappa shape index (κ3) is 6.10. The predicted molar refractivity (Wildman–Crippen MR) is 151 cm³/mol. The van der Waals surface area contributed by atoms with E-state index in [9.17, 15) is 14.7 Å². The quantitative estimate of drug-likeness (QED) is 0.493. The van der Waals surface area contributed by atoms with Crippen molar-refractivity contribution in [2.75, 3.05) is 37.6 Å². The molecule has 3 atom stereocenters. The van der Waals surface area contributed by atoms with Gasteiger partial charge in [0.05, 0.1) is 12.0 Å². The Labute approximate surface area is 242 Å². The molecule has 3 heterocycles. The molecule has 0 spiro atoms. The highest BCUT2D eigenvalue weighted by atomic mass is 35.5. The number of nitrogens with zero attached hydrogens (tertiary/aromatic N) is 6. The van der Waals surface area contributed by atoms with Crippen LogP contribution in [0.4, 0.5) is 10.2 Å². The van der Waals surface area contributed by atoms with Crippen LogP contribution in [-0.4, -0.2) is 69.6 Å². The number of phenols is 1. The molecule has 0 radical (unpaired) electrons. The number of aromatic hydroxyl groups is 1. The minimum Gasteiger partial charge on any atom is -0.508 e. The summed E-state index contributed by atoms with van der Waals surface area (Å²) in [6.45, 7) is 3.35. The summed E-state index contributed by atoms with van der Waals surface area (Å²) in [5.74, 6) is -1.58. The van der Waals surface area contributed by atoms with Gasteiger partial charge in [-0.15, -0.1) is 10.2 Å². The van der Waals surface area contributed by atoms with Gasteiger partial charge in [-0.05, 0) is 54.3 Å². The van der Waals surface area contributed by atoms with Gasteiger partial charge in [-0.3, -0.25) is 9.59 Å². The molecule has 9 nitrogen and oxygen atoms in total. The molecule has 2 amide bonds. The first-order valence-corrected chi connectivity index (χ1v) is 13.9. The van der Waals surface area contributed by atoms with E-state index in [4.69, 9.17) is 16.9 Å². The topological polar surface area (TPSA) is 114 Å². The Bertz CT molecular complexity index is 1460. The molecule has 0 saturated carbocycles. The zero-order valence-electron chi connectivity index (χ0n) is 22.6. The summed E-state index contributed by atoms with van der Waals surface area (Å²) < 4.78 is 15.1. The molecule has 11 heteroatoms. The lowest BCUT2D eigenvalue weighted by Gasteiger charge is -2.38. The van der Waals surface area contributed by atoms with E-state index < -0.39 is 17.7 Å². The second-order valence-electron chi connectivity index (χ2n) is 10.5. The predicted octanol–water partition coefficient (Wildman–Crippen LogP) is 4.28. The molecule has 1 N–H and O–H groups in total. The highest BCUT2D eigenvalue weighted by Gasteiger charge is 2.42. The van der Waals surface area contributed by atoms with Crippen LogP contribution in [0.25, 0.3) is 0 Å². The van der Waals surface area contributed by atoms with Crippen LogP contribution in [0.5, 0.6) is 5.75 Å². The number of hydrogen-bond acceptors (Lipinski definition) is 7. The van der Waals surface area contributed by atoms with Crippen LogP contribution in [-0.2, 0) is 9.59 Å². The summed E-state index contributed by atoms with van der Waals surface area (Å²) in [6.07, 6.45) is 1.36. The summed E-state index contributed by atoms with van der Waals surface area (Å²) in [6, 6.07) is 16.5. The van der Waals surface area contributed by atoms with Crippen molar-refractivity contribution in [1.82, 2.24) is 20.0 Å². The normalized spacial score (nSPS) is 21.2. The summed E-state index contributed by atoms with van der Waals surface area (Å²) in [4.78, 5) is 32.2. The molecule has 2 aliphatic heterocycles. The average Bonchev–Trinajstić information content (AvgIpc) is 3.38. The Hall–Kier alpha value is -4.23. The Morgan fingerprint density at radius 3 is 2.49 bits per heavy atom. The maximum absolute atomic E-state index is 15.1. The van der Waals surface area contributed by atoms with E-state index in [1.165, 1.54) is 19.1 Å². The van der Waals surface area contributed by atoms with E-state index in [0.717, 1.165) is 11.6 Å². The van der Waals surface area contributed by atoms with E-state index in [-0.39, 0.29) is 35.8 Å². The fourth-order valence-corrected chi connectivity index (χ4v) is 6.04. The van der Waals surface area contributed by atoms with Crippen molar-refractivity contribution in [2.45, 2.75) is 31.7 Å². The van der Waals surface area contributed by atoms with Crippen molar-refractivity contribution in [3.05, 3.63) is 82.3 Å². The summed E-state index contributed by atoms with van der Waals surface area (Å²) in [5, 5.41) is 27.5.